The van der Waals surface area contributed by atoms with Crippen LogP contribution in [0.15, 0.2) is 0 Å². The van der Waals surface area contributed by atoms with Crippen molar-refractivity contribution < 1.29 is 57.3 Å². The number of ether oxygens (including phenoxy) is 5. The molecule has 0 unspecified atom stereocenters. The van der Waals surface area contributed by atoms with Gasteiger partial charge >= 0.3 is 24.1 Å². The third-order valence-corrected chi connectivity index (χ3v) is 4.75. The fourth-order valence-electron chi connectivity index (χ4n) is 2.90. The predicted octanol–water partition coefficient (Wildman–Crippen LogP) is -0.646. The molecule has 0 aromatic carbocycles. The number of carbonyl (C=O) groups excluding carboxylic acids is 6. The lowest BCUT2D eigenvalue weighted by Crippen LogP contribution is -2.41. The number of nitrogens with zero attached hydrogens (tertiary/aromatic N) is 2. The summed E-state index contributed by atoms with van der Waals surface area (Å²) in [5.74, 6) is -2.57. The number of rotatable bonds is 20. The quantitative estimate of drug-likeness (QED) is 0.0825. The summed E-state index contributed by atoms with van der Waals surface area (Å²) in [6, 6.07) is 0. The molecule has 0 aromatic rings. The third-order valence-electron chi connectivity index (χ3n) is 4.75. The molecule has 39 heavy (non-hydrogen) atoms. The number of alkyl carbamates (subject to hydrolysis) is 2. The van der Waals surface area contributed by atoms with Crippen molar-refractivity contribution in [1.29, 1.82) is 0 Å². The maximum absolute atomic E-state index is 12.2. The van der Waals surface area contributed by atoms with Crippen LogP contribution in [-0.4, -0.2) is 125 Å². The minimum Gasteiger partial charge on any atom is -0.465 e. The molecule has 0 spiro atoms. The normalized spacial score (nSPS) is 12.8. The van der Waals surface area contributed by atoms with Gasteiger partial charge in [0.2, 0.25) is 0 Å². The first kappa shape index (κ1) is 33.5. The molecule has 0 saturated carbocycles. The Morgan fingerprint density at radius 3 is 1.79 bits per heavy atom. The molecule has 4 amide bonds. The van der Waals surface area contributed by atoms with Gasteiger partial charge in [0, 0.05) is 45.9 Å². The van der Waals surface area contributed by atoms with Gasteiger partial charge in [-0.1, -0.05) is 6.92 Å². The molecule has 1 fully saturated rings. The van der Waals surface area contributed by atoms with Gasteiger partial charge in [0.25, 0.3) is 11.8 Å². The largest absolute Gasteiger partial charge is 0.465 e. The topological polar surface area (TPSA) is 188 Å². The molecule has 16 nitrogen and oxygen atoms in total. The lowest BCUT2D eigenvalue weighted by atomic mass is 10.4. The van der Waals surface area contributed by atoms with E-state index >= 15 is 0 Å². The number of amides is 4. The molecule has 0 aromatic heterocycles. The average Bonchev–Trinajstić information content (AvgIpc) is 3.20. The highest BCUT2D eigenvalue weighted by Crippen LogP contribution is 2.12. The maximum atomic E-state index is 12.2. The predicted molar refractivity (Wildman–Crippen MR) is 131 cm³/mol. The van der Waals surface area contributed by atoms with Crippen molar-refractivity contribution in [3.8, 4) is 0 Å². The van der Waals surface area contributed by atoms with Gasteiger partial charge in [-0.3, -0.25) is 19.3 Å². The van der Waals surface area contributed by atoms with E-state index in [1.54, 1.807) is 0 Å². The van der Waals surface area contributed by atoms with Crippen LogP contribution in [-0.2, 0) is 47.7 Å². The van der Waals surface area contributed by atoms with E-state index in [2.05, 4.69) is 10.6 Å². The van der Waals surface area contributed by atoms with Gasteiger partial charge < -0.3 is 39.2 Å². The number of nitrogens with one attached hydrogen (secondary N) is 2. The number of imide groups is 1. The van der Waals surface area contributed by atoms with Crippen LogP contribution in [0.5, 0.6) is 0 Å². The van der Waals surface area contributed by atoms with Crippen LogP contribution >= 0.6 is 0 Å². The van der Waals surface area contributed by atoms with E-state index in [1.807, 2.05) is 6.92 Å². The molecule has 2 N–H and O–H groups in total. The zero-order valence-corrected chi connectivity index (χ0v) is 22.4. The van der Waals surface area contributed by atoms with Crippen LogP contribution in [0.1, 0.15) is 33.1 Å². The summed E-state index contributed by atoms with van der Waals surface area (Å²) in [5, 5.41) is 5.49. The number of hydroxylamine groups is 2. The van der Waals surface area contributed by atoms with Crippen LogP contribution in [0.2, 0.25) is 0 Å². The molecular formula is C23H38N4O12. The summed E-state index contributed by atoms with van der Waals surface area (Å²) in [6.07, 6.45) is -0.495. The standard InChI is InChI=1S/C23H38N4O12/c1-3-10-37-22(32)24-6-11-34-15-16-35-12-7-25-23(33)38-14-9-26(8-13-36-18(2)28)17-21(31)39-27-19(29)4-5-20(27)30/h3-17H2,1-2H3,(H,24,32)(H,25,33). The monoisotopic (exact) mass is 562 g/mol. The molecule has 1 rings (SSSR count). The van der Waals surface area contributed by atoms with Crippen LogP contribution in [0.3, 0.4) is 0 Å². The molecule has 1 aliphatic rings. The summed E-state index contributed by atoms with van der Waals surface area (Å²) >= 11 is 0. The Morgan fingerprint density at radius 1 is 0.769 bits per heavy atom. The number of hydrogen-bond donors (Lipinski definition) is 2. The number of carbonyl (C=O) groups is 6. The highest BCUT2D eigenvalue weighted by molar-refractivity contribution is 6.01. The highest BCUT2D eigenvalue weighted by Gasteiger charge is 2.33. The Kier molecular flexibility index (Phi) is 17.6. The minimum absolute atomic E-state index is 0.0274. The summed E-state index contributed by atoms with van der Waals surface area (Å²) in [7, 11) is 0. The molecule has 0 aliphatic carbocycles. The van der Waals surface area contributed by atoms with E-state index in [1.165, 1.54) is 11.8 Å². The van der Waals surface area contributed by atoms with Gasteiger partial charge in [0.15, 0.2) is 0 Å². The van der Waals surface area contributed by atoms with E-state index in [-0.39, 0.29) is 58.8 Å². The maximum Gasteiger partial charge on any atom is 0.407 e. The lowest BCUT2D eigenvalue weighted by molar-refractivity contribution is -0.198. The fraction of sp³-hybridized carbons (Fsp3) is 0.739. The van der Waals surface area contributed by atoms with Gasteiger partial charge in [-0.15, -0.1) is 5.06 Å². The molecule has 16 heteroatoms. The van der Waals surface area contributed by atoms with E-state index in [9.17, 15) is 28.8 Å². The van der Waals surface area contributed by atoms with Gasteiger partial charge in [0.05, 0.1) is 39.6 Å². The van der Waals surface area contributed by atoms with Crippen molar-refractivity contribution >= 4 is 35.9 Å². The van der Waals surface area contributed by atoms with Crippen LogP contribution < -0.4 is 10.6 Å². The average molecular weight is 563 g/mol. The summed E-state index contributed by atoms with van der Waals surface area (Å²) in [6.45, 7) is 4.86. The van der Waals surface area contributed by atoms with E-state index in [0.717, 1.165) is 6.42 Å². The Balaban J connectivity index is 2.16. The van der Waals surface area contributed by atoms with Crippen molar-refractivity contribution in [2.75, 3.05) is 79.0 Å². The van der Waals surface area contributed by atoms with E-state index in [0.29, 0.717) is 38.0 Å². The van der Waals surface area contributed by atoms with Crippen molar-refractivity contribution in [2.24, 2.45) is 0 Å². The van der Waals surface area contributed by atoms with Crippen LogP contribution in [0.4, 0.5) is 9.59 Å². The SMILES string of the molecule is CCCOC(=O)NCCOCCOCCNC(=O)OCCN(CCOC(C)=O)CC(=O)ON1C(=O)CCC1=O. The second kappa shape index (κ2) is 20.5. The first-order valence-electron chi connectivity index (χ1n) is 12.6. The van der Waals surface area contributed by atoms with Gasteiger partial charge in [-0.25, -0.2) is 14.4 Å². The highest BCUT2D eigenvalue weighted by atomic mass is 16.7. The molecule has 222 valence electrons. The summed E-state index contributed by atoms with van der Waals surface area (Å²) in [5.41, 5.74) is 0. The van der Waals surface area contributed by atoms with Gasteiger partial charge in [-0.2, -0.15) is 0 Å². The molecule has 0 radical (unpaired) electrons. The van der Waals surface area contributed by atoms with E-state index < -0.39 is 35.9 Å². The minimum atomic E-state index is -0.863. The van der Waals surface area contributed by atoms with E-state index in [4.69, 9.17) is 28.5 Å². The van der Waals surface area contributed by atoms with Crippen molar-refractivity contribution in [3.63, 3.8) is 0 Å². The zero-order valence-electron chi connectivity index (χ0n) is 22.4. The van der Waals surface area contributed by atoms with Gasteiger partial charge in [-0.05, 0) is 6.42 Å². The number of esters is 1. The van der Waals surface area contributed by atoms with Crippen molar-refractivity contribution in [2.45, 2.75) is 33.1 Å². The Morgan fingerprint density at radius 2 is 1.28 bits per heavy atom. The second-order valence-corrected chi connectivity index (χ2v) is 8.01. The Bertz CT molecular complexity index is 794. The van der Waals surface area contributed by atoms with Crippen LogP contribution in [0, 0.1) is 0 Å². The summed E-state index contributed by atoms with van der Waals surface area (Å²) in [4.78, 5) is 75.8. The first-order valence-corrected chi connectivity index (χ1v) is 12.6. The molecule has 0 bridgehead atoms. The Hall–Kier alpha value is -3.50. The van der Waals surface area contributed by atoms with Crippen LogP contribution in [0.25, 0.3) is 0 Å². The first-order chi connectivity index (χ1) is 18.7. The lowest BCUT2D eigenvalue weighted by Gasteiger charge is -2.22. The molecule has 1 saturated heterocycles. The van der Waals surface area contributed by atoms with Crippen molar-refractivity contribution in [1.82, 2.24) is 20.6 Å². The van der Waals surface area contributed by atoms with Gasteiger partial charge in [0.1, 0.15) is 13.2 Å². The zero-order chi connectivity index (χ0) is 28.9. The molecule has 1 heterocycles. The third kappa shape index (κ3) is 16.9. The van der Waals surface area contributed by atoms with Crippen molar-refractivity contribution in [3.05, 3.63) is 0 Å². The molecule has 1 aliphatic heterocycles. The molecular weight excluding hydrogens is 524 g/mol. The number of hydrogen-bond acceptors (Lipinski definition) is 13. The second-order valence-electron chi connectivity index (χ2n) is 8.01. The fourth-order valence-corrected chi connectivity index (χ4v) is 2.90. The summed E-state index contributed by atoms with van der Waals surface area (Å²) < 4.78 is 25.4. The smallest absolute Gasteiger partial charge is 0.407 e. The Labute approximate surface area is 226 Å². The molecule has 0 atom stereocenters.